The summed E-state index contributed by atoms with van der Waals surface area (Å²) in [5, 5.41) is 0. The Bertz CT molecular complexity index is 177. The molecule has 0 unspecified atom stereocenters. The van der Waals surface area contributed by atoms with E-state index in [2.05, 4.69) is 4.74 Å². The average molecular weight is 212 g/mol. The van der Waals surface area contributed by atoms with Crippen LogP contribution in [0.2, 0.25) is 0 Å². The molecule has 2 nitrogen and oxygen atoms in total. The minimum atomic E-state index is -4.21. The van der Waals surface area contributed by atoms with Crippen LogP contribution < -0.4 is 0 Å². The predicted octanol–water partition coefficient (Wildman–Crippen LogP) is 2.92. The number of alkyl halides is 3. The number of hydrogen-bond acceptors (Lipinski definition) is 2. The second-order valence-electron chi connectivity index (χ2n) is 2.99. The zero-order valence-electron chi connectivity index (χ0n) is 8.36. The number of ether oxygens (including phenoxy) is 1. The summed E-state index contributed by atoms with van der Waals surface area (Å²) in [6.07, 6.45) is -4.55. The van der Waals surface area contributed by atoms with Crippen LogP contribution in [0.1, 0.15) is 33.1 Å². The van der Waals surface area contributed by atoms with Crippen LogP contribution >= 0.6 is 0 Å². The van der Waals surface area contributed by atoms with E-state index in [0.717, 1.165) is 0 Å². The minimum absolute atomic E-state index is 0.00288. The monoisotopic (exact) mass is 212 g/mol. The van der Waals surface area contributed by atoms with Crippen molar-refractivity contribution in [2.24, 2.45) is 5.92 Å². The van der Waals surface area contributed by atoms with Crippen molar-refractivity contribution in [2.75, 3.05) is 6.61 Å². The molecule has 0 radical (unpaired) electrons. The lowest BCUT2D eigenvalue weighted by Crippen LogP contribution is -2.23. The van der Waals surface area contributed by atoms with E-state index in [1.54, 1.807) is 6.92 Å². The van der Waals surface area contributed by atoms with Gasteiger partial charge in [0.25, 0.3) is 0 Å². The van der Waals surface area contributed by atoms with Gasteiger partial charge in [-0.25, -0.2) is 0 Å². The predicted molar refractivity (Wildman–Crippen MR) is 45.7 cm³/mol. The van der Waals surface area contributed by atoms with Crippen molar-refractivity contribution in [1.82, 2.24) is 0 Å². The summed E-state index contributed by atoms with van der Waals surface area (Å²) in [5.41, 5.74) is 0. The van der Waals surface area contributed by atoms with Crippen molar-refractivity contribution in [1.29, 1.82) is 0 Å². The summed E-state index contributed by atoms with van der Waals surface area (Å²) in [5.74, 6) is -1.96. The molecule has 0 heterocycles. The van der Waals surface area contributed by atoms with Crippen LogP contribution in [0.3, 0.4) is 0 Å². The molecule has 0 saturated carbocycles. The van der Waals surface area contributed by atoms with E-state index in [4.69, 9.17) is 0 Å². The molecule has 5 heteroatoms. The molecule has 0 spiro atoms. The molecule has 84 valence electrons. The molecular weight excluding hydrogens is 197 g/mol. The summed E-state index contributed by atoms with van der Waals surface area (Å²) in [6, 6.07) is 0. The highest BCUT2D eigenvalue weighted by atomic mass is 19.4. The summed E-state index contributed by atoms with van der Waals surface area (Å²) in [6.45, 7) is 3.30. The zero-order valence-corrected chi connectivity index (χ0v) is 8.36. The molecule has 0 amide bonds. The average Bonchev–Trinajstić information content (AvgIpc) is 2.03. The third-order valence-corrected chi connectivity index (χ3v) is 1.96. The van der Waals surface area contributed by atoms with Crippen molar-refractivity contribution in [3.8, 4) is 0 Å². The van der Waals surface area contributed by atoms with Crippen LogP contribution in [0.5, 0.6) is 0 Å². The Morgan fingerprint density at radius 3 is 2.29 bits per heavy atom. The molecule has 0 rings (SSSR count). The van der Waals surface area contributed by atoms with Gasteiger partial charge in [-0.15, -0.1) is 0 Å². The van der Waals surface area contributed by atoms with Gasteiger partial charge in [0, 0.05) is 6.42 Å². The summed E-state index contributed by atoms with van der Waals surface area (Å²) >= 11 is 0. The van der Waals surface area contributed by atoms with Crippen molar-refractivity contribution in [3.05, 3.63) is 0 Å². The third kappa shape index (κ3) is 5.09. The maximum atomic E-state index is 12.2. The van der Waals surface area contributed by atoms with E-state index in [1.165, 1.54) is 6.92 Å². The van der Waals surface area contributed by atoms with Crippen LogP contribution in [0, 0.1) is 5.92 Å². The van der Waals surface area contributed by atoms with Crippen molar-refractivity contribution >= 4 is 5.97 Å². The zero-order chi connectivity index (χ0) is 11.2. The Hall–Kier alpha value is -0.740. The smallest absolute Gasteiger partial charge is 0.391 e. The fraction of sp³-hybridized carbons (Fsp3) is 0.889. The number of halogens is 3. The summed E-state index contributed by atoms with van der Waals surface area (Å²) < 4.78 is 41.2. The molecule has 0 fully saturated rings. The van der Waals surface area contributed by atoms with Gasteiger partial charge in [-0.2, -0.15) is 13.2 Å². The Balaban J connectivity index is 3.91. The van der Waals surface area contributed by atoms with Crippen LogP contribution in [-0.2, 0) is 9.53 Å². The second-order valence-corrected chi connectivity index (χ2v) is 2.99. The maximum Gasteiger partial charge on any atom is 0.391 e. The van der Waals surface area contributed by atoms with Gasteiger partial charge < -0.3 is 4.74 Å². The minimum Gasteiger partial charge on any atom is -0.466 e. The van der Waals surface area contributed by atoms with Gasteiger partial charge in [0.05, 0.1) is 12.5 Å². The number of rotatable bonds is 5. The molecule has 0 bridgehead atoms. The first-order valence-electron chi connectivity index (χ1n) is 4.64. The quantitative estimate of drug-likeness (QED) is 0.655. The number of carbonyl (C=O) groups excluding carboxylic acids is 1. The lowest BCUT2D eigenvalue weighted by atomic mass is 10.00. The highest BCUT2D eigenvalue weighted by Crippen LogP contribution is 2.32. The van der Waals surface area contributed by atoms with Gasteiger partial charge in [0.1, 0.15) is 0 Å². The van der Waals surface area contributed by atoms with Crippen molar-refractivity contribution in [3.63, 3.8) is 0 Å². The molecule has 0 aliphatic carbocycles. The van der Waals surface area contributed by atoms with Gasteiger partial charge in [-0.1, -0.05) is 6.92 Å². The molecule has 1 atom stereocenters. The largest absolute Gasteiger partial charge is 0.466 e. The van der Waals surface area contributed by atoms with Gasteiger partial charge in [0.15, 0.2) is 0 Å². The first-order valence-corrected chi connectivity index (χ1v) is 4.64. The Labute approximate surface area is 81.4 Å². The molecular formula is C9H15F3O2. The Morgan fingerprint density at radius 2 is 1.93 bits per heavy atom. The van der Waals surface area contributed by atoms with Crippen LogP contribution in [-0.4, -0.2) is 18.8 Å². The third-order valence-electron chi connectivity index (χ3n) is 1.96. The number of hydrogen-bond donors (Lipinski definition) is 0. The topological polar surface area (TPSA) is 26.3 Å². The first-order chi connectivity index (χ1) is 6.41. The Kier molecular flexibility index (Phi) is 5.57. The summed E-state index contributed by atoms with van der Waals surface area (Å²) in [4.78, 5) is 10.8. The number of esters is 1. The van der Waals surface area contributed by atoms with Gasteiger partial charge in [0.2, 0.25) is 0 Å². The molecule has 0 N–H and O–H groups in total. The van der Waals surface area contributed by atoms with Crippen molar-refractivity contribution < 1.29 is 22.7 Å². The molecule has 14 heavy (non-hydrogen) atoms. The summed E-state index contributed by atoms with van der Waals surface area (Å²) in [7, 11) is 0. The van der Waals surface area contributed by atoms with Crippen LogP contribution in [0.4, 0.5) is 13.2 Å². The van der Waals surface area contributed by atoms with Crippen LogP contribution in [0.25, 0.3) is 0 Å². The molecule has 0 aromatic rings. The molecule has 0 aromatic carbocycles. The van der Waals surface area contributed by atoms with E-state index in [0.29, 0.717) is 0 Å². The van der Waals surface area contributed by atoms with E-state index < -0.39 is 18.1 Å². The maximum absolute atomic E-state index is 12.2. The lowest BCUT2D eigenvalue weighted by molar-refractivity contribution is -0.178. The second kappa shape index (κ2) is 5.88. The van der Waals surface area contributed by atoms with E-state index >= 15 is 0 Å². The standard InChI is InChI=1S/C9H15F3O2/c1-3-7(9(10,11)12)5-6-8(13)14-4-2/h7H,3-6H2,1-2H3/t7-/m0/s1. The van der Waals surface area contributed by atoms with Gasteiger partial charge in [-0.3, -0.25) is 4.79 Å². The fourth-order valence-electron chi connectivity index (χ4n) is 1.12. The number of carbonyl (C=O) groups is 1. The highest BCUT2D eigenvalue weighted by Gasteiger charge is 2.37. The molecule has 0 saturated heterocycles. The first kappa shape index (κ1) is 13.3. The molecule has 0 aliphatic rings. The van der Waals surface area contributed by atoms with Gasteiger partial charge >= 0.3 is 12.1 Å². The SMILES string of the molecule is CCOC(=O)CC[C@H](CC)C(F)(F)F. The van der Waals surface area contributed by atoms with E-state index in [1.807, 2.05) is 0 Å². The van der Waals surface area contributed by atoms with E-state index in [9.17, 15) is 18.0 Å². The molecule has 0 aromatic heterocycles. The van der Waals surface area contributed by atoms with Crippen LogP contribution in [0.15, 0.2) is 0 Å². The van der Waals surface area contributed by atoms with Gasteiger partial charge in [-0.05, 0) is 19.8 Å². The fourth-order valence-corrected chi connectivity index (χ4v) is 1.12. The van der Waals surface area contributed by atoms with E-state index in [-0.39, 0.29) is 25.9 Å². The Morgan fingerprint density at radius 1 is 1.36 bits per heavy atom. The van der Waals surface area contributed by atoms with Crippen molar-refractivity contribution in [2.45, 2.75) is 39.3 Å². The molecule has 0 aliphatic heterocycles. The lowest BCUT2D eigenvalue weighted by Gasteiger charge is -2.17. The normalized spacial score (nSPS) is 13.8. The highest BCUT2D eigenvalue weighted by molar-refractivity contribution is 5.69.